The van der Waals surface area contributed by atoms with Crippen LogP contribution in [0.15, 0.2) is 35.7 Å². The van der Waals surface area contributed by atoms with Gasteiger partial charge >= 0.3 is 5.97 Å². The first-order valence-electron chi connectivity index (χ1n) is 5.81. The van der Waals surface area contributed by atoms with E-state index in [9.17, 15) is 14.7 Å². The number of rotatable bonds is 6. The largest absolute Gasteiger partial charge is 0.497 e. The number of carboxylic acid groups (broad SMARTS) is 1. The van der Waals surface area contributed by atoms with Gasteiger partial charge in [-0.05, 0) is 29.1 Å². The van der Waals surface area contributed by atoms with Crippen molar-refractivity contribution in [1.82, 2.24) is 0 Å². The lowest BCUT2D eigenvalue weighted by Crippen LogP contribution is -2.20. The Morgan fingerprint density at radius 3 is 2.60 bits per heavy atom. The number of carbonyl (C=O) groups is 2. The van der Waals surface area contributed by atoms with E-state index in [-0.39, 0.29) is 0 Å². The summed E-state index contributed by atoms with van der Waals surface area (Å²) in [5, 5.41) is 13.9. The summed E-state index contributed by atoms with van der Waals surface area (Å²) in [5.41, 5.74) is 1.11. The minimum atomic E-state index is -1.02. The summed E-state index contributed by atoms with van der Waals surface area (Å²) in [6.45, 7) is 0. The maximum Gasteiger partial charge on any atom is 0.330 e. The van der Waals surface area contributed by atoms with Gasteiger partial charge < -0.3 is 15.2 Å². The van der Waals surface area contributed by atoms with Crippen LogP contribution in [0.1, 0.15) is 21.3 Å². The molecule has 0 spiro atoms. The minimum Gasteiger partial charge on any atom is -0.497 e. The number of hydrogen-bond donors (Lipinski definition) is 2. The standard InChI is InChI=1S/C14H13NO4S/c1-19-10-4-2-9(3-5-10)13(14(17)18)15-11-6-7-20-12(11)8-16/h2-8,13,15H,1H3,(H,17,18). The fraction of sp³-hybridized carbons (Fsp3) is 0.143. The van der Waals surface area contributed by atoms with Crippen LogP contribution < -0.4 is 10.1 Å². The van der Waals surface area contributed by atoms with Gasteiger partial charge in [0.25, 0.3) is 0 Å². The maximum atomic E-state index is 11.4. The van der Waals surface area contributed by atoms with Crippen LogP contribution in [-0.2, 0) is 4.79 Å². The van der Waals surface area contributed by atoms with E-state index in [4.69, 9.17) is 4.74 Å². The van der Waals surface area contributed by atoms with Gasteiger partial charge in [-0.1, -0.05) is 12.1 Å². The SMILES string of the molecule is COc1ccc(C(Nc2ccsc2C=O)C(=O)O)cc1. The van der Waals surface area contributed by atoms with Crippen LogP contribution in [0.5, 0.6) is 5.75 Å². The molecule has 0 aliphatic carbocycles. The third-order valence-electron chi connectivity index (χ3n) is 2.80. The molecule has 1 heterocycles. The highest BCUT2D eigenvalue weighted by atomic mass is 32.1. The number of thiophene rings is 1. The van der Waals surface area contributed by atoms with Crippen LogP contribution in [0.2, 0.25) is 0 Å². The zero-order valence-electron chi connectivity index (χ0n) is 10.7. The van der Waals surface area contributed by atoms with Crippen molar-refractivity contribution in [3.63, 3.8) is 0 Å². The summed E-state index contributed by atoms with van der Waals surface area (Å²) in [5.74, 6) is -0.361. The highest BCUT2D eigenvalue weighted by Gasteiger charge is 2.21. The molecule has 0 bridgehead atoms. The lowest BCUT2D eigenvalue weighted by Gasteiger charge is -2.16. The highest BCUT2D eigenvalue weighted by Crippen LogP contribution is 2.26. The predicted molar refractivity (Wildman–Crippen MR) is 76.7 cm³/mol. The Bertz CT molecular complexity index is 606. The number of methoxy groups -OCH3 is 1. The van der Waals surface area contributed by atoms with Crippen LogP contribution in [0.3, 0.4) is 0 Å². The Morgan fingerprint density at radius 2 is 2.05 bits per heavy atom. The molecule has 0 radical (unpaired) electrons. The second-order valence-electron chi connectivity index (χ2n) is 4.01. The zero-order chi connectivity index (χ0) is 14.5. The normalized spacial score (nSPS) is 11.7. The van der Waals surface area contributed by atoms with Crippen molar-refractivity contribution in [2.45, 2.75) is 6.04 Å². The van der Waals surface area contributed by atoms with E-state index in [1.165, 1.54) is 11.3 Å². The Kier molecular flexibility index (Phi) is 4.37. The molecule has 0 fully saturated rings. The molecular weight excluding hydrogens is 278 g/mol. The minimum absolute atomic E-state index is 0.477. The molecule has 2 N–H and O–H groups in total. The van der Waals surface area contributed by atoms with Crippen molar-refractivity contribution < 1.29 is 19.4 Å². The van der Waals surface area contributed by atoms with Crippen molar-refractivity contribution in [2.24, 2.45) is 0 Å². The highest BCUT2D eigenvalue weighted by molar-refractivity contribution is 7.12. The summed E-state index contributed by atoms with van der Waals surface area (Å²) in [6, 6.07) is 7.51. The molecule has 0 aliphatic rings. The van der Waals surface area contributed by atoms with Crippen LogP contribution in [0, 0.1) is 0 Å². The first kappa shape index (κ1) is 14.1. The number of nitrogens with one attached hydrogen (secondary N) is 1. The second-order valence-corrected chi connectivity index (χ2v) is 4.95. The van der Waals surface area contributed by atoms with Crippen molar-refractivity contribution in [3.05, 3.63) is 46.2 Å². The summed E-state index contributed by atoms with van der Waals surface area (Å²) < 4.78 is 5.04. The quantitative estimate of drug-likeness (QED) is 0.800. The predicted octanol–water partition coefficient (Wildman–Crippen LogP) is 2.81. The van der Waals surface area contributed by atoms with Gasteiger partial charge in [-0.25, -0.2) is 4.79 Å². The van der Waals surface area contributed by atoms with Gasteiger partial charge in [-0.2, -0.15) is 0 Å². The maximum absolute atomic E-state index is 11.4. The molecule has 0 saturated heterocycles. The molecule has 1 aromatic carbocycles. The molecule has 20 heavy (non-hydrogen) atoms. The molecule has 6 heteroatoms. The molecule has 1 atom stereocenters. The Labute approximate surface area is 119 Å². The van der Waals surface area contributed by atoms with Crippen molar-refractivity contribution in [2.75, 3.05) is 12.4 Å². The van der Waals surface area contributed by atoms with E-state index in [0.29, 0.717) is 28.2 Å². The second kappa shape index (κ2) is 6.21. The van der Waals surface area contributed by atoms with Crippen molar-refractivity contribution >= 4 is 29.3 Å². The molecule has 0 aliphatic heterocycles. The van der Waals surface area contributed by atoms with E-state index in [0.717, 1.165) is 0 Å². The van der Waals surface area contributed by atoms with E-state index in [1.54, 1.807) is 42.8 Å². The summed E-state index contributed by atoms with van der Waals surface area (Å²) >= 11 is 1.26. The van der Waals surface area contributed by atoms with Gasteiger partial charge in [-0.15, -0.1) is 11.3 Å². The molecular formula is C14H13NO4S. The number of aliphatic carboxylic acids is 1. The number of carboxylic acids is 1. The molecule has 104 valence electrons. The van der Waals surface area contributed by atoms with E-state index in [2.05, 4.69) is 5.32 Å². The summed E-state index contributed by atoms with van der Waals surface area (Å²) in [4.78, 5) is 22.7. The Hall–Kier alpha value is -2.34. The van der Waals surface area contributed by atoms with Crippen LogP contribution >= 0.6 is 11.3 Å². The monoisotopic (exact) mass is 291 g/mol. The van der Waals surface area contributed by atoms with Gasteiger partial charge in [0, 0.05) is 0 Å². The van der Waals surface area contributed by atoms with E-state index >= 15 is 0 Å². The fourth-order valence-corrected chi connectivity index (χ4v) is 2.43. The molecule has 2 aromatic rings. The summed E-state index contributed by atoms with van der Waals surface area (Å²) in [7, 11) is 1.55. The van der Waals surface area contributed by atoms with Crippen molar-refractivity contribution in [1.29, 1.82) is 0 Å². The zero-order valence-corrected chi connectivity index (χ0v) is 11.5. The van der Waals surface area contributed by atoms with E-state index < -0.39 is 12.0 Å². The smallest absolute Gasteiger partial charge is 0.330 e. The van der Waals surface area contributed by atoms with Gasteiger partial charge in [-0.3, -0.25) is 4.79 Å². The average Bonchev–Trinajstić information content (AvgIpc) is 2.92. The number of aldehydes is 1. The molecule has 1 aromatic heterocycles. The molecule has 0 saturated carbocycles. The summed E-state index contributed by atoms with van der Waals surface area (Å²) in [6.07, 6.45) is 0.708. The number of hydrogen-bond acceptors (Lipinski definition) is 5. The van der Waals surface area contributed by atoms with Crippen LogP contribution in [0.25, 0.3) is 0 Å². The van der Waals surface area contributed by atoms with Gasteiger partial charge in [0.2, 0.25) is 0 Å². The van der Waals surface area contributed by atoms with Gasteiger partial charge in [0.1, 0.15) is 5.75 Å². The molecule has 0 amide bonds. The first-order valence-corrected chi connectivity index (χ1v) is 6.69. The Morgan fingerprint density at radius 1 is 1.35 bits per heavy atom. The number of ether oxygens (including phenoxy) is 1. The molecule has 5 nitrogen and oxygen atoms in total. The first-order chi connectivity index (χ1) is 9.65. The van der Waals surface area contributed by atoms with Gasteiger partial charge in [0.15, 0.2) is 12.3 Å². The third-order valence-corrected chi connectivity index (χ3v) is 3.64. The van der Waals surface area contributed by atoms with Gasteiger partial charge in [0.05, 0.1) is 17.7 Å². The van der Waals surface area contributed by atoms with Crippen molar-refractivity contribution in [3.8, 4) is 5.75 Å². The number of carbonyl (C=O) groups excluding carboxylic acids is 1. The Balaban J connectivity index is 2.26. The fourth-order valence-electron chi connectivity index (χ4n) is 1.77. The van der Waals surface area contributed by atoms with Crippen LogP contribution in [0.4, 0.5) is 5.69 Å². The average molecular weight is 291 g/mol. The van der Waals surface area contributed by atoms with E-state index in [1.807, 2.05) is 0 Å². The lowest BCUT2D eigenvalue weighted by molar-refractivity contribution is -0.138. The third kappa shape index (κ3) is 2.97. The number of benzene rings is 1. The topological polar surface area (TPSA) is 75.6 Å². The molecule has 2 rings (SSSR count). The molecule has 1 unspecified atom stereocenters. The van der Waals surface area contributed by atoms with Crippen LogP contribution in [-0.4, -0.2) is 24.5 Å². The number of anilines is 1. The lowest BCUT2D eigenvalue weighted by atomic mass is 10.1.